The molecule has 0 aliphatic carbocycles. The Hall–Kier alpha value is -0.830. The van der Waals surface area contributed by atoms with Gasteiger partial charge in [0.15, 0.2) is 0 Å². The lowest BCUT2D eigenvalue weighted by Gasteiger charge is -2.15. The average molecular weight is 223 g/mol. The Morgan fingerprint density at radius 1 is 1.38 bits per heavy atom. The van der Waals surface area contributed by atoms with E-state index in [0.29, 0.717) is 6.04 Å². The SMILES string of the molecule is CCc1nn(C)cc1CNC(C)CC(C)C. The molecule has 1 unspecified atom stereocenters. The first kappa shape index (κ1) is 13.2. The normalized spacial score (nSPS) is 13.4. The zero-order valence-corrected chi connectivity index (χ0v) is 11.2. The van der Waals surface area contributed by atoms with E-state index in [-0.39, 0.29) is 0 Å². The van der Waals surface area contributed by atoms with E-state index < -0.39 is 0 Å². The van der Waals surface area contributed by atoms with Crippen molar-refractivity contribution in [2.24, 2.45) is 13.0 Å². The van der Waals surface area contributed by atoms with Gasteiger partial charge in [-0.15, -0.1) is 0 Å². The molecule has 0 saturated carbocycles. The summed E-state index contributed by atoms with van der Waals surface area (Å²) < 4.78 is 1.91. The van der Waals surface area contributed by atoms with Crippen LogP contribution < -0.4 is 5.32 Å². The van der Waals surface area contributed by atoms with Crippen LogP contribution in [0.3, 0.4) is 0 Å². The van der Waals surface area contributed by atoms with Crippen molar-refractivity contribution >= 4 is 0 Å². The van der Waals surface area contributed by atoms with Gasteiger partial charge in [0.05, 0.1) is 5.69 Å². The Labute approximate surface area is 99.2 Å². The molecule has 0 bridgehead atoms. The van der Waals surface area contributed by atoms with E-state index in [1.165, 1.54) is 17.7 Å². The monoisotopic (exact) mass is 223 g/mol. The minimum absolute atomic E-state index is 0.574. The second kappa shape index (κ2) is 6.04. The second-order valence-corrected chi connectivity index (χ2v) is 5.04. The molecular weight excluding hydrogens is 198 g/mol. The molecule has 1 rings (SSSR count). The van der Waals surface area contributed by atoms with Crippen LogP contribution in [0.2, 0.25) is 0 Å². The van der Waals surface area contributed by atoms with Crippen LogP contribution in [0.25, 0.3) is 0 Å². The van der Waals surface area contributed by atoms with Gasteiger partial charge in [0.2, 0.25) is 0 Å². The lowest BCUT2D eigenvalue weighted by Crippen LogP contribution is -2.27. The Balaban J connectivity index is 2.47. The van der Waals surface area contributed by atoms with Crippen LogP contribution in [-0.2, 0) is 20.0 Å². The van der Waals surface area contributed by atoms with Crippen molar-refractivity contribution < 1.29 is 0 Å². The van der Waals surface area contributed by atoms with Gasteiger partial charge in [-0.3, -0.25) is 4.68 Å². The summed E-state index contributed by atoms with van der Waals surface area (Å²) in [5.74, 6) is 0.752. The minimum atomic E-state index is 0.574. The molecule has 1 heterocycles. The third kappa shape index (κ3) is 3.97. The van der Waals surface area contributed by atoms with Crippen LogP contribution >= 0.6 is 0 Å². The molecule has 92 valence electrons. The lowest BCUT2D eigenvalue weighted by molar-refractivity contribution is 0.441. The largest absolute Gasteiger partial charge is 0.310 e. The quantitative estimate of drug-likeness (QED) is 0.803. The van der Waals surface area contributed by atoms with Crippen molar-refractivity contribution in [2.45, 2.75) is 53.1 Å². The molecular formula is C13H25N3. The number of hydrogen-bond acceptors (Lipinski definition) is 2. The number of nitrogens with one attached hydrogen (secondary N) is 1. The minimum Gasteiger partial charge on any atom is -0.310 e. The Kier molecular flexibility index (Phi) is 5.00. The van der Waals surface area contributed by atoms with E-state index >= 15 is 0 Å². The molecule has 0 aliphatic heterocycles. The highest BCUT2D eigenvalue weighted by atomic mass is 15.3. The second-order valence-electron chi connectivity index (χ2n) is 5.04. The molecule has 1 aromatic rings. The molecule has 0 spiro atoms. The Morgan fingerprint density at radius 3 is 2.62 bits per heavy atom. The number of aromatic nitrogens is 2. The fraction of sp³-hybridized carbons (Fsp3) is 0.769. The number of hydrogen-bond donors (Lipinski definition) is 1. The molecule has 1 atom stereocenters. The zero-order chi connectivity index (χ0) is 12.1. The first-order valence-electron chi connectivity index (χ1n) is 6.27. The fourth-order valence-corrected chi connectivity index (χ4v) is 2.10. The Morgan fingerprint density at radius 2 is 2.06 bits per heavy atom. The maximum Gasteiger partial charge on any atom is 0.0666 e. The summed E-state index contributed by atoms with van der Waals surface area (Å²) in [4.78, 5) is 0. The summed E-state index contributed by atoms with van der Waals surface area (Å²) in [6, 6.07) is 0.574. The number of rotatable bonds is 6. The summed E-state index contributed by atoms with van der Waals surface area (Å²) in [6.07, 6.45) is 4.35. The van der Waals surface area contributed by atoms with E-state index in [1.807, 2.05) is 11.7 Å². The highest BCUT2D eigenvalue weighted by Gasteiger charge is 2.08. The van der Waals surface area contributed by atoms with Gasteiger partial charge in [-0.05, 0) is 25.7 Å². The molecule has 0 radical (unpaired) electrons. The van der Waals surface area contributed by atoms with Crippen LogP contribution in [0.4, 0.5) is 0 Å². The van der Waals surface area contributed by atoms with E-state index in [2.05, 4.69) is 44.3 Å². The molecule has 16 heavy (non-hydrogen) atoms. The molecule has 1 aromatic heterocycles. The van der Waals surface area contributed by atoms with Gasteiger partial charge in [-0.25, -0.2) is 0 Å². The van der Waals surface area contributed by atoms with Crippen molar-refractivity contribution in [3.05, 3.63) is 17.5 Å². The first-order chi connectivity index (χ1) is 7.52. The van der Waals surface area contributed by atoms with Crippen LogP contribution in [-0.4, -0.2) is 15.8 Å². The molecule has 0 aliphatic rings. The van der Waals surface area contributed by atoms with E-state index in [1.54, 1.807) is 0 Å². The highest BCUT2D eigenvalue weighted by Crippen LogP contribution is 2.09. The third-order valence-electron chi connectivity index (χ3n) is 2.79. The van der Waals surface area contributed by atoms with Crippen molar-refractivity contribution in [1.29, 1.82) is 0 Å². The van der Waals surface area contributed by atoms with Crippen molar-refractivity contribution in [2.75, 3.05) is 0 Å². The Bertz CT molecular complexity index is 315. The maximum absolute atomic E-state index is 4.44. The fourth-order valence-electron chi connectivity index (χ4n) is 2.10. The molecule has 0 amide bonds. The predicted molar refractivity (Wildman–Crippen MR) is 68.3 cm³/mol. The smallest absolute Gasteiger partial charge is 0.0666 e. The van der Waals surface area contributed by atoms with Crippen molar-refractivity contribution in [3.63, 3.8) is 0 Å². The zero-order valence-electron chi connectivity index (χ0n) is 11.2. The van der Waals surface area contributed by atoms with Crippen molar-refractivity contribution in [3.8, 4) is 0 Å². The summed E-state index contributed by atoms with van der Waals surface area (Å²) in [7, 11) is 1.99. The van der Waals surface area contributed by atoms with Gasteiger partial charge in [0.25, 0.3) is 0 Å². The van der Waals surface area contributed by atoms with E-state index in [0.717, 1.165) is 18.9 Å². The maximum atomic E-state index is 4.44. The lowest BCUT2D eigenvalue weighted by atomic mass is 10.1. The molecule has 1 N–H and O–H groups in total. The topological polar surface area (TPSA) is 29.9 Å². The highest BCUT2D eigenvalue weighted by molar-refractivity contribution is 5.16. The van der Waals surface area contributed by atoms with Gasteiger partial charge in [-0.2, -0.15) is 5.10 Å². The van der Waals surface area contributed by atoms with Gasteiger partial charge < -0.3 is 5.32 Å². The molecule has 0 aromatic carbocycles. The summed E-state index contributed by atoms with van der Waals surface area (Å²) in [5.41, 5.74) is 2.55. The average Bonchev–Trinajstić information content (AvgIpc) is 2.55. The van der Waals surface area contributed by atoms with Gasteiger partial charge in [0.1, 0.15) is 0 Å². The van der Waals surface area contributed by atoms with Crippen molar-refractivity contribution in [1.82, 2.24) is 15.1 Å². The molecule has 0 saturated heterocycles. The van der Waals surface area contributed by atoms with Crippen LogP contribution in [0.15, 0.2) is 6.20 Å². The number of aryl methyl sites for hydroxylation is 2. The van der Waals surface area contributed by atoms with Gasteiger partial charge in [-0.1, -0.05) is 20.8 Å². The standard InChI is InChI=1S/C13H25N3/c1-6-13-12(9-16(5)15-13)8-14-11(4)7-10(2)3/h9-11,14H,6-8H2,1-5H3. The summed E-state index contributed by atoms with van der Waals surface area (Å²) in [5, 5.41) is 8.01. The van der Waals surface area contributed by atoms with Gasteiger partial charge >= 0.3 is 0 Å². The van der Waals surface area contributed by atoms with Crippen LogP contribution in [0.5, 0.6) is 0 Å². The molecule has 3 heteroatoms. The first-order valence-corrected chi connectivity index (χ1v) is 6.27. The summed E-state index contributed by atoms with van der Waals surface area (Å²) >= 11 is 0. The van der Waals surface area contributed by atoms with E-state index in [9.17, 15) is 0 Å². The summed E-state index contributed by atoms with van der Waals surface area (Å²) in [6.45, 7) is 9.87. The molecule has 0 fully saturated rings. The van der Waals surface area contributed by atoms with Crippen LogP contribution in [0, 0.1) is 5.92 Å². The predicted octanol–water partition coefficient (Wildman–Crippen LogP) is 2.51. The van der Waals surface area contributed by atoms with Crippen LogP contribution in [0.1, 0.15) is 45.4 Å². The number of nitrogens with zero attached hydrogens (tertiary/aromatic N) is 2. The van der Waals surface area contributed by atoms with Gasteiger partial charge in [0, 0.05) is 31.4 Å². The third-order valence-corrected chi connectivity index (χ3v) is 2.79. The molecule has 3 nitrogen and oxygen atoms in total. The van der Waals surface area contributed by atoms with E-state index in [4.69, 9.17) is 0 Å².